The van der Waals surface area contributed by atoms with Gasteiger partial charge in [0.1, 0.15) is 5.82 Å². The first-order valence-corrected chi connectivity index (χ1v) is 12.4. The summed E-state index contributed by atoms with van der Waals surface area (Å²) in [5.74, 6) is 1.03. The molecule has 7 heteroatoms. The number of carbonyl (C=O) groups excluding carboxylic acids is 1. The number of carbonyl (C=O) groups is 1. The molecule has 0 aliphatic heterocycles. The van der Waals surface area contributed by atoms with Crippen LogP contribution in [-0.2, 0) is 11.2 Å². The van der Waals surface area contributed by atoms with Crippen LogP contribution in [0, 0.1) is 5.41 Å². The summed E-state index contributed by atoms with van der Waals surface area (Å²) in [5.41, 5.74) is 1.94. The third kappa shape index (κ3) is 5.02. The molecule has 0 bridgehead atoms. The van der Waals surface area contributed by atoms with Gasteiger partial charge in [0.15, 0.2) is 5.65 Å². The van der Waals surface area contributed by atoms with Crippen molar-refractivity contribution in [2.45, 2.75) is 51.0 Å². The number of fused-ring (bicyclic) bond motifs is 1. The molecule has 1 aliphatic carbocycles. The van der Waals surface area contributed by atoms with Gasteiger partial charge in [-0.3, -0.25) is 9.20 Å². The lowest BCUT2D eigenvalue weighted by atomic mass is 9.71. The summed E-state index contributed by atoms with van der Waals surface area (Å²) in [6.07, 6.45) is 13.0. The summed E-state index contributed by atoms with van der Waals surface area (Å²) in [7, 11) is 0. The van der Waals surface area contributed by atoms with Crippen molar-refractivity contribution in [1.29, 1.82) is 0 Å². The Morgan fingerprint density at radius 2 is 1.71 bits per heavy atom. The second-order valence-electron chi connectivity index (χ2n) is 9.46. The van der Waals surface area contributed by atoms with Gasteiger partial charge in [-0.1, -0.05) is 49.1 Å². The van der Waals surface area contributed by atoms with E-state index in [1.54, 1.807) is 0 Å². The lowest BCUT2D eigenvalue weighted by molar-refractivity contribution is -0.122. The third-order valence-electron chi connectivity index (χ3n) is 7.11. The summed E-state index contributed by atoms with van der Waals surface area (Å²) < 4.78 is 4.16. The minimum absolute atomic E-state index is 0.00985. The first kappa shape index (κ1) is 22.7. The van der Waals surface area contributed by atoms with E-state index in [-0.39, 0.29) is 17.4 Å². The largest absolute Gasteiger partial charge is 0.355 e. The Morgan fingerprint density at radius 3 is 2.47 bits per heavy atom. The van der Waals surface area contributed by atoms with E-state index in [2.05, 4.69) is 24.5 Å². The Morgan fingerprint density at radius 1 is 0.971 bits per heavy atom. The zero-order valence-corrected chi connectivity index (χ0v) is 20.0. The van der Waals surface area contributed by atoms with Crippen molar-refractivity contribution in [1.82, 2.24) is 24.5 Å². The molecule has 0 spiro atoms. The van der Waals surface area contributed by atoms with Gasteiger partial charge in [0.25, 0.3) is 0 Å². The van der Waals surface area contributed by atoms with Crippen LogP contribution in [0.3, 0.4) is 0 Å². The molecule has 1 atom stereocenters. The molecule has 6 nitrogen and oxygen atoms in total. The molecule has 0 unspecified atom stereocenters. The van der Waals surface area contributed by atoms with Crippen LogP contribution >= 0.6 is 11.6 Å². The summed E-state index contributed by atoms with van der Waals surface area (Å²) in [4.78, 5) is 13.2. The zero-order valence-electron chi connectivity index (χ0n) is 19.2. The fourth-order valence-electron chi connectivity index (χ4n) is 5.23. The minimum Gasteiger partial charge on any atom is -0.355 e. The number of nitrogens with one attached hydrogen (secondary N) is 1. The lowest BCUT2D eigenvalue weighted by Gasteiger charge is -2.37. The van der Waals surface area contributed by atoms with Gasteiger partial charge in [-0.25, -0.2) is 0 Å². The van der Waals surface area contributed by atoms with Crippen molar-refractivity contribution in [2.24, 2.45) is 5.41 Å². The van der Waals surface area contributed by atoms with Crippen LogP contribution in [0.25, 0.3) is 5.65 Å². The van der Waals surface area contributed by atoms with Gasteiger partial charge in [-0.05, 0) is 60.2 Å². The maximum atomic E-state index is 13.2. The molecule has 1 aliphatic rings. The summed E-state index contributed by atoms with van der Waals surface area (Å²) in [5, 5.41) is 12.8. The molecule has 176 valence electrons. The Labute approximate surface area is 205 Å². The van der Waals surface area contributed by atoms with Gasteiger partial charge >= 0.3 is 0 Å². The number of halogens is 1. The SMILES string of the molecule is O=C(C[C@@H](c1ccc(Cl)cc1)n1cccc1)NCC1(Cc2nnc3ccccn23)CCCCC1. The molecule has 0 radical (unpaired) electrons. The number of aromatic nitrogens is 4. The smallest absolute Gasteiger partial charge is 0.222 e. The molecular formula is C27H30ClN5O. The molecule has 1 N–H and O–H groups in total. The van der Waals surface area contributed by atoms with E-state index in [9.17, 15) is 4.79 Å². The molecule has 5 rings (SSSR count). The zero-order chi connectivity index (χ0) is 23.4. The Balaban J connectivity index is 1.30. The first-order chi connectivity index (χ1) is 16.6. The van der Waals surface area contributed by atoms with E-state index >= 15 is 0 Å². The van der Waals surface area contributed by atoms with Gasteiger partial charge in [-0.15, -0.1) is 10.2 Å². The number of nitrogens with zero attached hydrogens (tertiary/aromatic N) is 4. The van der Waals surface area contributed by atoms with Crippen LogP contribution in [0.15, 0.2) is 73.2 Å². The number of pyridine rings is 1. The van der Waals surface area contributed by atoms with Crippen LogP contribution in [-0.4, -0.2) is 31.6 Å². The van der Waals surface area contributed by atoms with E-state index in [0.717, 1.165) is 36.3 Å². The highest BCUT2D eigenvalue weighted by molar-refractivity contribution is 6.30. The standard InChI is InChI=1S/C27H30ClN5O/c28-22-11-9-21(10-12-22)23(32-15-6-7-16-32)18-26(34)29-20-27(13-3-1-4-14-27)19-25-31-30-24-8-2-5-17-33(24)25/h2,5-12,15-17,23H,1,3-4,13-14,18-20H2,(H,29,34)/t23-/m0/s1. The third-order valence-corrected chi connectivity index (χ3v) is 7.37. The number of hydrogen-bond donors (Lipinski definition) is 1. The van der Waals surface area contributed by atoms with E-state index < -0.39 is 0 Å². The summed E-state index contributed by atoms with van der Waals surface area (Å²) >= 11 is 6.10. The van der Waals surface area contributed by atoms with Crippen LogP contribution in [0.5, 0.6) is 0 Å². The number of benzene rings is 1. The topological polar surface area (TPSA) is 64.2 Å². The summed E-state index contributed by atoms with van der Waals surface area (Å²) in [6.45, 7) is 0.659. The molecule has 3 heterocycles. The molecular weight excluding hydrogens is 446 g/mol. The van der Waals surface area contributed by atoms with E-state index in [0.29, 0.717) is 18.0 Å². The Bertz CT molecular complexity index is 1230. The average Bonchev–Trinajstić information content (AvgIpc) is 3.54. The predicted octanol–water partition coefficient (Wildman–Crippen LogP) is 5.47. The quantitative estimate of drug-likeness (QED) is 0.367. The highest BCUT2D eigenvalue weighted by Crippen LogP contribution is 2.38. The van der Waals surface area contributed by atoms with Gasteiger partial charge in [-0.2, -0.15) is 0 Å². The molecule has 3 aromatic heterocycles. The van der Waals surface area contributed by atoms with Crippen molar-refractivity contribution >= 4 is 23.2 Å². The first-order valence-electron chi connectivity index (χ1n) is 12.1. The number of hydrogen-bond acceptors (Lipinski definition) is 3. The molecule has 0 saturated heterocycles. The van der Waals surface area contributed by atoms with Gasteiger partial charge < -0.3 is 9.88 Å². The van der Waals surface area contributed by atoms with Crippen LogP contribution in [0.1, 0.15) is 56.0 Å². The Kier molecular flexibility index (Phi) is 6.68. The van der Waals surface area contributed by atoms with Crippen LogP contribution in [0.2, 0.25) is 5.02 Å². The molecule has 4 aromatic rings. The number of amides is 1. The average molecular weight is 476 g/mol. The van der Waals surface area contributed by atoms with E-state index in [4.69, 9.17) is 11.6 Å². The monoisotopic (exact) mass is 475 g/mol. The highest BCUT2D eigenvalue weighted by atomic mass is 35.5. The van der Waals surface area contributed by atoms with Gasteiger partial charge in [0.05, 0.1) is 12.5 Å². The van der Waals surface area contributed by atoms with Gasteiger partial charge in [0, 0.05) is 36.6 Å². The lowest BCUT2D eigenvalue weighted by Crippen LogP contribution is -2.41. The molecule has 34 heavy (non-hydrogen) atoms. The molecule has 1 amide bonds. The van der Waals surface area contributed by atoms with Crippen LogP contribution in [0.4, 0.5) is 0 Å². The fraction of sp³-hybridized carbons (Fsp3) is 0.370. The van der Waals surface area contributed by atoms with Crippen molar-refractivity contribution in [3.8, 4) is 0 Å². The van der Waals surface area contributed by atoms with Crippen molar-refractivity contribution in [3.63, 3.8) is 0 Å². The molecule has 1 fully saturated rings. The van der Waals surface area contributed by atoms with Crippen molar-refractivity contribution in [2.75, 3.05) is 6.54 Å². The minimum atomic E-state index is -0.0741. The second kappa shape index (κ2) is 10.0. The van der Waals surface area contributed by atoms with E-state index in [1.165, 1.54) is 19.3 Å². The van der Waals surface area contributed by atoms with Crippen molar-refractivity contribution < 1.29 is 4.79 Å². The second-order valence-corrected chi connectivity index (χ2v) is 9.90. The predicted molar refractivity (Wildman–Crippen MR) is 134 cm³/mol. The number of rotatable bonds is 8. The maximum absolute atomic E-state index is 13.2. The van der Waals surface area contributed by atoms with Crippen molar-refractivity contribution in [3.05, 3.63) is 89.6 Å². The van der Waals surface area contributed by atoms with Gasteiger partial charge in [0.2, 0.25) is 5.91 Å². The van der Waals surface area contributed by atoms with E-state index in [1.807, 2.05) is 73.2 Å². The van der Waals surface area contributed by atoms with Crippen LogP contribution < -0.4 is 5.32 Å². The maximum Gasteiger partial charge on any atom is 0.222 e. The highest BCUT2D eigenvalue weighted by Gasteiger charge is 2.34. The fourth-order valence-corrected chi connectivity index (χ4v) is 5.36. The summed E-state index contributed by atoms with van der Waals surface area (Å²) in [6, 6.07) is 17.6. The molecule has 1 saturated carbocycles. The normalized spacial score (nSPS) is 16.4. The Hall–Kier alpha value is -3.12. The molecule has 1 aromatic carbocycles.